The summed E-state index contributed by atoms with van der Waals surface area (Å²) in [4.78, 5) is 36.4. The molecule has 9 nitrogen and oxygen atoms in total. The SMILES string of the molecule is O=C(O)Cc1nnc(NC(=O)[C@H](Cc2ccc(-c3ccccc3)cc2)CC(COc2ccccc2)C(=O)O)s1. The summed E-state index contributed by atoms with van der Waals surface area (Å²) < 4.78 is 5.70. The van der Waals surface area contributed by atoms with Crippen LogP contribution in [0.25, 0.3) is 11.1 Å². The fourth-order valence-electron chi connectivity index (χ4n) is 4.04. The number of carboxylic acids is 2. The van der Waals surface area contributed by atoms with Crippen LogP contribution in [-0.2, 0) is 27.2 Å². The van der Waals surface area contributed by atoms with Crippen molar-refractivity contribution in [1.29, 1.82) is 0 Å². The molecule has 0 saturated carbocycles. The molecule has 10 heteroatoms. The van der Waals surface area contributed by atoms with Crippen LogP contribution in [0.2, 0.25) is 0 Å². The van der Waals surface area contributed by atoms with Crippen LogP contribution in [0.1, 0.15) is 17.0 Å². The van der Waals surface area contributed by atoms with Gasteiger partial charge in [-0.2, -0.15) is 0 Å². The monoisotopic (exact) mass is 545 g/mol. The van der Waals surface area contributed by atoms with Gasteiger partial charge in [0.1, 0.15) is 17.4 Å². The number of carbonyl (C=O) groups excluding carboxylic acids is 1. The number of nitrogens with one attached hydrogen (secondary N) is 1. The zero-order valence-corrected chi connectivity index (χ0v) is 21.7. The van der Waals surface area contributed by atoms with Crippen LogP contribution < -0.4 is 10.1 Å². The fraction of sp³-hybridized carbons (Fsp3) is 0.207. The Morgan fingerprint density at radius 2 is 1.46 bits per heavy atom. The van der Waals surface area contributed by atoms with Gasteiger partial charge < -0.3 is 20.3 Å². The van der Waals surface area contributed by atoms with Gasteiger partial charge in [0, 0.05) is 5.92 Å². The number of aromatic nitrogens is 2. The van der Waals surface area contributed by atoms with Gasteiger partial charge >= 0.3 is 11.9 Å². The van der Waals surface area contributed by atoms with E-state index in [2.05, 4.69) is 15.5 Å². The Hall–Kier alpha value is -4.57. The Bertz CT molecular complexity index is 1390. The first-order valence-electron chi connectivity index (χ1n) is 12.3. The Kier molecular flexibility index (Phi) is 9.36. The van der Waals surface area contributed by atoms with Gasteiger partial charge in [-0.15, -0.1) is 10.2 Å². The Balaban J connectivity index is 1.51. The predicted octanol–water partition coefficient (Wildman–Crippen LogP) is 4.80. The summed E-state index contributed by atoms with van der Waals surface area (Å²) in [6.07, 6.45) is 0.00860. The highest BCUT2D eigenvalue weighted by atomic mass is 32.1. The van der Waals surface area contributed by atoms with Gasteiger partial charge in [-0.25, -0.2) is 0 Å². The number of nitrogens with zero attached hydrogens (tertiary/aromatic N) is 2. The zero-order chi connectivity index (χ0) is 27.6. The molecule has 200 valence electrons. The van der Waals surface area contributed by atoms with E-state index in [1.54, 1.807) is 24.3 Å². The summed E-state index contributed by atoms with van der Waals surface area (Å²) in [5.41, 5.74) is 2.96. The summed E-state index contributed by atoms with van der Waals surface area (Å²) in [5.74, 6) is -3.67. The number of anilines is 1. The summed E-state index contributed by atoms with van der Waals surface area (Å²) in [6, 6.07) is 26.6. The summed E-state index contributed by atoms with van der Waals surface area (Å²) in [6.45, 7) is -0.0996. The Morgan fingerprint density at radius 1 is 0.821 bits per heavy atom. The highest BCUT2D eigenvalue weighted by Gasteiger charge is 2.29. The standard InChI is InChI=1S/C29H27N3O6S/c33-26(34)17-25-31-32-29(39-25)30-27(35)22(16-23(28(36)37)18-38-24-9-5-2-6-10-24)15-19-11-13-21(14-12-19)20-7-3-1-4-8-20/h1-14,22-23H,15-18H2,(H,33,34)(H,36,37)(H,30,32,35)/t22-,23?/m1/s1. The molecule has 3 N–H and O–H groups in total. The molecule has 0 aliphatic rings. The number of rotatable bonds is 13. The molecule has 39 heavy (non-hydrogen) atoms. The summed E-state index contributed by atoms with van der Waals surface area (Å²) >= 11 is 0.970. The molecule has 0 spiro atoms. The molecule has 0 aliphatic carbocycles. The van der Waals surface area contributed by atoms with Crippen molar-refractivity contribution in [2.75, 3.05) is 11.9 Å². The zero-order valence-electron chi connectivity index (χ0n) is 20.9. The molecular weight excluding hydrogens is 518 g/mol. The molecule has 4 rings (SSSR count). The van der Waals surface area contributed by atoms with E-state index < -0.39 is 29.7 Å². The fourth-order valence-corrected chi connectivity index (χ4v) is 4.77. The number of amides is 1. The molecule has 1 heterocycles. The van der Waals surface area contributed by atoms with Crippen molar-refractivity contribution in [3.63, 3.8) is 0 Å². The van der Waals surface area contributed by atoms with Crippen molar-refractivity contribution < 1.29 is 29.3 Å². The third kappa shape index (κ3) is 8.21. The lowest BCUT2D eigenvalue weighted by Gasteiger charge is -2.21. The molecule has 1 amide bonds. The minimum absolute atomic E-state index is 0.0230. The molecular formula is C29H27N3O6S. The van der Waals surface area contributed by atoms with Gasteiger partial charge in [-0.3, -0.25) is 14.4 Å². The lowest BCUT2D eigenvalue weighted by atomic mass is 9.88. The minimum Gasteiger partial charge on any atom is -0.493 e. The molecule has 0 saturated heterocycles. The molecule has 2 atom stereocenters. The van der Waals surface area contributed by atoms with E-state index in [9.17, 15) is 19.5 Å². The Morgan fingerprint density at radius 3 is 2.10 bits per heavy atom. The van der Waals surface area contributed by atoms with Gasteiger partial charge in [0.05, 0.1) is 12.3 Å². The third-order valence-corrected chi connectivity index (χ3v) is 6.86. The summed E-state index contributed by atoms with van der Waals surface area (Å²) in [5, 5.41) is 29.6. The van der Waals surface area contributed by atoms with Crippen LogP contribution in [-0.4, -0.2) is 44.9 Å². The predicted molar refractivity (Wildman–Crippen MR) is 147 cm³/mol. The average molecular weight is 546 g/mol. The maximum atomic E-state index is 13.3. The smallest absolute Gasteiger partial charge is 0.310 e. The highest BCUT2D eigenvalue weighted by Crippen LogP contribution is 2.25. The number of ether oxygens (including phenoxy) is 1. The number of benzene rings is 3. The summed E-state index contributed by atoms with van der Waals surface area (Å²) in [7, 11) is 0. The molecule has 4 aromatic rings. The molecule has 0 aliphatic heterocycles. The average Bonchev–Trinajstić information content (AvgIpc) is 3.37. The second-order valence-corrected chi connectivity index (χ2v) is 9.98. The van der Waals surface area contributed by atoms with E-state index in [4.69, 9.17) is 9.84 Å². The van der Waals surface area contributed by atoms with E-state index in [1.807, 2.05) is 60.7 Å². The Labute approximate surface area is 229 Å². The van der Waals surface area contributed by atoms with Gasteiger partial charge in [0.25, 0.3) is 0 Å². The maximum absolute atomic E-state index is 13.3. The quantitative estimate of drug-likeness (QED) is 0.218. The van der Waals surface area contributed by atoms with E-state index in [0.717, 1.165) is 28.0 Å². The van der Waals surface area contributed by atoms with Gasteiger partial charge in [0.15, 0.2) is 0 Å². The molecule has 1 aromatic heterocycles. The van der Waals surface area contributed by atoms with E-state index in [0.29, 0.717) is 5.75 Å². The van der Waals surface area contributed by atoms with Gasteiger partial charge in [-0.05, 0) is 41.7 Å². The lowest BCUT2D eigenvalue weighted by Crippen LogP contribution is -2.31. The normalized spacial score (nSPS) is 12.3. The molecule has 3 aromatic carbocycles. The van der Waals surface area contributed by atoms with Crippen LogP contribution in [0.15, 0.2) is 84.9 Å². The molecule has 0 bridgehead atoms. The second-order valence-electron chi connectivity index (χ2n) is 8.92. The highest BCUT2D eigenvalue weighted by molar-refractivity contribution is 7.15. The molecule has 1 unspecified atom stereocenters. The first-order valence-corrected chi connectivity index (χ1v) is 13.1. The molecule has 0 fully saturated rings. The van der Waals surface area contributed by atoms with Crippen molar-refractivity contribution >= 4 is 34.3 Å². The lowest BCUT2D eigenvalue weighted by molar-refractivity contribution is -0.143. The van der Waals surface area contributed by atoms with E-state index in [-0.39, 0.29) is 36.0 Å². The van der Waals surface area contributed by atoms with Crippen molar-refractivity contribution in [3.8, 4) is 16.9 Å². The van der Waals surface area contributed by atoms with Crippen LogP contribution in [0.4, 0.5) is 5.13 Å². The third-order valence-electron chi connectivity index (χ3n) is 6.03. The first-order chi connectivity index (χ1) is 18.9. The van der Waals surface area contributed by atoms with Crippen LogP contribution >= 0.6 is 11.3 Å². The van der Waals surface area contributed by atoms with Crippen LogP contribution in [0.5, 0.6) is 5.75 Å². The number of carboxylic acid groups (broad SMARTS) is 2. The van der Waals surface area contributed by atoms with E-state index >= 15 is 0 Å². The molecule has 0 radical (unpaired) electrons. The van der Waals surface area contributed by atoms with Crippen molar-refractivity contribution in [2.24, 2.45) is 11.8 Å². The number of hydrogen-bond acceptors (Lipinski definition) is 7. The largest absolute Gasteiger partial charge is 0.493 e. The number of carbonyl (C=O) groups is 3. The van der Waals surface area contributed by atoms with Crippen molar-refractivity contribution in [1.82, 2.24) is 10.2 Å². The van der Waals surface area contributed by atoms with E-state index in [1.165, 1.54) is 0 Å². The van der Waals surface area contributed by atoms with Crippen LogP contribution in [0, 0.1) is 11.8 Å². The second kappa shape index (κ2) is 13.3. The maximum Gasteiger partial charge on any atom is 0.310 e. The van der Waals surface area contributed by atoms with Gasteiger partial charge in [0.2, 0.25) is 11.0 Å². The van der Waals surface area contributed by atoms with Gasteiger partial charge in [-0.1, -0.05) is 84.1 Å². The number of para-hydroxylation sites is 1. The first kappa shape index (κ1) is 27.5. The number of hydrogen-bond donors (Lipinski definition) is 3. The number of aliphatic carboxylic acids is 2. The van der Waals surface area contributed by atoms with Crippen molar-refractivity contribution in [3.05, 3.63) is 95.5 Å². The minimum atomic E-state index is -1.07. The van der Waals surface area contributed by atoms with Crippen LogP contribution in [0.3, 0.4) is 0 Å². The topological polar surface area (TPSA) is 139 Å². The van der Waals surface area contributed by atoms with Crippen molar-refractivity contribution in [2.45, 2.75) is 19.3 Å².